The highest BCUT2D eigenvalue weighted by Gasteiger charge is 2.31. The summed E-state index contributed by atoms with van der Waals surface area (Å²) in [6, 6.07) is 11.8. The van der Waals surface area contributed by atoms with Crippen molar-refractivity contribution in [3.63, 3.8) is 0 Å². The fourth-order valence-electron chi connectivity index (χ4n) is 2.73. The Morgan fingerprint density at radius 3 is 2.40 bits per heavy atom. The molecule has 0 aliphatic rings. The molecule has 0 unspecified atom stereocenters. The van der Waals surface area contributed by atoms with Crippen LogP contribution in [0.4, 0.5) is 18.9 Å². The van der Waals surface area contributed by atoms with Crippen molar-refractivity contribution in [1.82, 2.24) is 15.0 Å². The first-order valence-electron chi connectivity index (χ1n) is 8.80. The minimum atomic E-state index is -4.77. The Hall–Kier alpha value is -3.66. The molecule has 0 spiro atoms. The number of ether oxygens (including phenoxy) is 1. The maximum atomic E-state index is 12.7. The Morgan fingerprint density at radius 1 is 1.07 bits per heavy atom. The summed E-state index contributed by atoms with van der Waals surface area (Å²) in [6.45, 7) is 0.211. The summed E-state index contributed by atoms with van der Waals surface area (Å²) in [6.07, 6.45) is -1.33. The lowest BCUT2D eigenvalue weighted by Gasteiger charge is -2.18. The number of aromatic nitrogens is 2. The van der Waals surface area contributed by atoms with Crippen molar-refractivity contribution in [2.24, 2.45) is 5.84 Å². The molecule has 0 saturated heterocycles. The Balaban J connectivity index is 1.75. The van der Waals surface area contributed by atoms with Crippen molar-refractivity contribution in [2.75, 3.05) is 12.3 Å². The smallest absolute Gasteiger partial charge is 0.406 e. The highest BCUT2D eigenvalue weighted by molar-refractivity contribution is 6.00. The second-order valence-electron chi connectivity index (χ2n) is 6.32. The van der Waals surface area contributed by atoms with Gasteiger partial charge in [0.2, 0.25) is 0 Å². The van der Waals surface area contributed by atoms with E-state index in [4.69, 9.17) is 11.6 Å². The number of anilines is 1. The number of rotatable bonds is 6. The summed E-state index contributed by atoms with van der Waals surface area (Å²) in [5.41, 5.74) is 8.27. The van der Waals surface area contributed by atoms with Gasteiger partial charge in [0.05, 0.1) is 5.56 Å². The van der Waals surface area contributed by atoms with Crippen molar-refractivity contribution in [3.05, 3.63) is 72.3 Å². The summed E-state index contributed by atoms with van der Waals surface area (Å²) in [5.74, 6) is 5.07. The summed E-state index contributed by atoms with van der Waals surface area (Å²) >= 11 is 0. The molecular formula is C20H18F3N5O2. The van der Waals surface area contributed by atoms with Crippen molar-refractivity contribution in [3.8, 4) is 16.9 Å². The number of alkyl halides is 3. The molecule has 0 aliphatic heterocycles. The monoisotopic (exact) mass is 417 g/mol. The molecule has 2 aromatic carbocycles. The maximum Gasteiger partial charge on any atom is 0.573 e. The minimum Gasteiger partial charge on any atom is -0.406 e. The molecular weight excluding hydrogens is 399 g/mol. The van der Waals surface area contributed by atoms with Crippen LogP contribution in [-0.4, -0.2) is 33.8 Å². The average molecular weight is 417 g/mol. The molecule has 0 bridgehead atoms. The van der Waals surface area contributed by atoms with E-state index in [0.29, 0.717) is 17.5 Å². The van der Waals surface area contributed by atoms with Gasteiger partial charge in [-0.3, -0.25) is 9.80 Å². The normalized spacial score (nSPS) is 11.2. The van der Waals surface area contributed by atoms with Gasteiger partial charge >= 0.3 is 6.36 Å². The van der Waals surface area contributed by atoms with Gasteiger partial charge in [-0.2, -0.15) is 0 Å². The minimum absolute atomic E-state index is 0.188. The van der Waals surface area contributed by atoms with Gasteiger partial charge in [-0.25, -0.2) is 15.8 Å². The maximum absolute atomic E-state index is 12.7. The van der Waals surface area contributed by atoms with Crippen molar-refractivity contribution in [1.29, 1.82) is 0 Å². The Labute approximate surface area is 170 Å². The summed E-state index contributed by atoms with van der Waals surface area (Å²) < 4.78 is 40.8. The van der Waals surface area contributed by atoms with Crippen LogP contribution in [-0.2, 0) is 6.42 Å². The van der Waals surface area contributed by atoms with E-state index in [2.05, 4.69) is 14.7 Å². The zero-order valence-electron chi connectivity index (χ0n) is 15.6. The SMILES string of the molecule is Nc1ccc(-c2ccc(OC(F)(F)F)cc2)cc1C(=O)N(N)CCc1ccncn1. The van der Waals surface area contributed by atoms with Gasteiger partial charge in [0.1, 0.15) is 12.1 Å². The molecule has 0 fully saturated rings. The van der Waals surface area contributed by atoms with E-state index in [-0.39, 0.29) is 23.5 Å². The van der Waals surface area contributed by atoms with Gasteiger partial charge in [0.25, 0.3) is 5.91 Å². The second kappa shape index (κ2) is 8.78. The second-order valence-corrected chi connectivity index (χ2v) is 6.32. The van der Waals surface area contributed by atoms with Gasteiger partial charge in [-0.1, -0.05) is 18.2 Å². The molecule has 0 aliphatic carbocycles. The number of carbonyl (C=O) groups is 1. The largest absolute Gasteiger partial charge is 0.573 e. The number of benzene rings is 2. The summed E-state index contributed by atoms with van der Waals surface area (Å²) in [5, 5.41) is 1.04. The number of hydrogen-bond acceptors (Lipinski definition) is 6. The highest BCUT2D eigenvalue weighted by Crippen LogP contribution is 2.28. The van der Waals surface area contributed by atoms with Gasteiger partial charge in [-0.15, -0.1) is 13.2 Å². The first-order chi connectivity index (χ1) is 14.2. The zero-order valence-corrected chi connectivity index (χ0v) is 15.6. The number of nitrogen functional groups attached to an aromatic ring is 1. The standard InChI is InChI=1S/C20H18F3N5O2/c21-20(22,23)30-16-4-1-13(2-5-16)14-3-6-18(24)17(11-14)19(29)28(25)10-8-15-7-9-26-12-27-15/h1-7,9,11-12H,8,10,24-25H2. The Kier molecular flexibility index (Phi) is 6.17. The van der Waals surface area contributed by atoms with Gasteiger partial charge in [0.15, 0.2) is 0 Å². The van der Waals surface area contributed by atoms with E-state index in [1.807, 2.05) is 0 Å². The lowest BCUT2D eigenvalue weighted by Crippen LogP contribution is -2.39. The number of nitrogens with zero attached hydrogens (tertiary/aromatic N) is 3. The van der Waals surface area contributed by atoms with Crippen molar-refractivity contribution >= 4 is 11.6 Å². The number of carbonyl (C=O) groups excluding carboxylic acids is 1. The third-order valence-electron chi connectivity index (χ3n) is 4.22. The fourth-order valence-corrected chi connectivity index (χ4v) is 2.73. The fraction of sp³-hybridized carbons (Fsp3) is 0.150. The van der Waals surface area contributed by atoms with Crippen LogP contribution in [0.2, 0.25) is 0 Å². The van der Waals surface area contributed by atoms with Crippen LogP contribution < -0.4 is 16.3 Å². The molecule has 156 valence electrons. The van der Waals surface area contributed by atoms with E-state index >= 15 is 0 Å². The third kappa shape index (κ3) is 5.45. The van der Waals surface area contributed by atoms with E-state index in [0.717, 1.165) is 10.7 Å². The zero-order chi connectivity index (χ0) is 21.7. The molecule has 3 aromatic rings. The summed E-state index contributed by atoms with van der Waals surface area (Å²) in [7, 11) is 0. The van der Waals surface area contributed by atoms with Crippen molar-refractivity contribution in [2.45, 2.75) is 12.8 Å². The summed E-state index contributed by atoms with van der Waals surface area (Å²) in [4.78, 5) is 20.6. The molecule has 1 amide bonds. The third-order valence-corrected chi connectivity index (χ3v) is 4.22. The Morgan fingerprint density at radius 2 is 1.77 bits per heavy atom. The van der Waals surface area contributed by atoms with Crippen LogP contribution in [0.3, 0.4) is 0 Å². The molecule has 0 saturated carbocycles. The Bertz CT molecular complexity index is 1010. The molecule has 7 nitrogen and oxygen atoms in total. The van der Waals surface area contributed by atoms with E-state index < -0.39 is 12.3 Å². The topological polar surface area (TPSA) is 107 Å². The van der Waals surface area contributed by atoms with Crippen LogP contribution in [0, 0.1) is 0 Å². The predicted octanol–water partition coefficient (Wildman–Crippen LogP) is 3.18. The van der Waals surface area contributed by atoms with E-state index in [9.17, 15) is 18.0 Å². The van der Waals surface area contributed by atoms with E-state index in [1.165, 1.54) is 30.6 Å². The van der Waals surface area contributed by atoms with Gasteiger partial charge in [-0.05, 0) is 41.5 Å². The van der Waals surface area contributed by atoms with Gasteiger partial charge in [0, 0.05) is 30.5 Å². The molecule has 3 rings (SSSR count). The quantitative estimate of drug-likeness (QED) is 0.276. The first kappa shape index (κ1) is 21.1. The molecule has 1 aromatic heterocycles. The average Bonchev–Trinajstić information content (AvgIpc) is 2.72. The van der Waals surface area contributed by atoms with Crippen LogP contribution in [0.15, 0.2) is 61.1 Å². The van der Waals surface area contributed by atoms with Crippen LogP contribution in [0.1, 0.15) is 16.1 Å². The van der Waals surface area contributed by atoms with Crippen LogP contribution in [0.5, 0.6) is 5.75 Å². The first-order valence-corrected chi connectivity index (χ1v) is 8.80. The number of hydrazine groups is 1. The van der Waals surface area contributed by atoms with Crippen LogP contribution >= 0.6 is 0 Å². The van der Waals surface area contributed by atoms with Crippen molar-refractivity contribution < 1.29 is 22.7 Å². The molecule has 0 radical (unpaired) electrons. The molecule has 10 heteroatoms. The van der Waals surface area contributed by atoms with Gasteiger partial charge < -0.3 is 10.5 Å². The number of hydrogen-bond donors (Lipinski definition) is 2. The molecule has 4 N–H and O–H groups in total. The number of halogens is 3. The van der Waals surface area contributed by atoms with E-state index in [1.54, 1.807) is 30.5 Å². The number of nitrogens with two attached hydrogens (primary N) is 2. The predicted molar refractivity (Wildman–Crippen MR) is 104 cm³/mol. The molecule has 30 heavy (non-hydrogen) atoms. The number of amides is 1. The molecule has 1 heterocycles. The molecule has 0 atom stereocenters. The van der Waals surface area contributed by atoms with Crippen LogP contribution in [0.25, 0.3) is 11.1 Å². The highest BCUT2D eigenvalue weighted by atomic mass is 19.4. The lowest BCUT2D eigenvalue weighted by atomic mass is 10.0. The lowest BCUT2D eigenvalue weighted by molar-refractivity contribution is -0.274.